The molecule has 0 atom stereocenters. The molecule has 0 aliphatic carbocycles. The van der Waals surface area contributed by atoms with Crippen LogP contribution >= 0.6 is 0 Å². The van der Waals surface area contributed by atoms with E-state index in [0.717, 1.165) is 18.5 Å². The number of hydrogen-bond donors (Lipinski definition) is 0. The number of rotatable bonds is 2. The fourth-order valence-corrected chi connectivity index (χ4v) is 2.78. The van der Waals surface area contributed by atoms with Crippen LogP contribution in [0.3, 0.4) is 0 Å². The van der Waals surface area contributed by atoms with Crippen molar-refractivity contribution in [3.8, 4) is 11.5 Å². The number of fused-ring (bicyclic) bond motifs is 1. The summed E-state index contributed by atoms with van der Waals surface area (Å²) in [6, 6.07) is 16.9. The highest BCUT2D eigenvalue weighted by Crippen LogP contribution is 2.35. The van der Waals surface area contributed by atoms with E-state index < -0.39 is 0 Å². The van der Waals surface area contributed by atoms with Gasteiger partial charge < -0.3 is 9.32 Å². The third kappa shape index (κ3) is 1.79. The second kappa shape index (κ2) is 4.53. The molecule has 0 amide bonds. The Balaban J connectivity index is 1.76. The number of hydrogen-bond acceptors (Lipinski definition) is 3. The molecule has 0 unspecified atom stereocenters. The summed E-state index contributed by atoms with van der Waals surface area (Å²) in [5, 5.41) is 0. The van der Waals surface area contributed by atoms with E-state index in [1.165, 1.54) is 16.9 Å². The first-order valence-electron chi connectivity index (χ1n) is 6.77. The van der Waals surface area contributed by atoms with Crippen molar-refractivity contribution < 1.29 is 4.42 Å². The Kier molecular flexibility index (Phi) is 2.56. The van der Waals surface area contributed by atoms with Crippen LogP contribution in [0.25, 0.3) is 11.5 Å². The summed E-state index contributed by atoms with van der Waals surface area (Å²) in [4.78, 5) is 6.56. The molecule has 3 aromatic rings. The van der Waals surface area contributed by atoms with E-state index in [2.05, 4.69) is 52.3 Å². The third-order valence-corrected chi connectivity index (χ3v) is 3.72. The standard InChI is InChI=1S/C17H14N2O/c1-2-7-16-13(4-1)8-10-19(16)15-6-3-5-14(12-15)17-18-9-11-20-17/h1-7,9,11-12H,8,10H2. The number of benzene rings is 2. The van der Waals surface area contributed by atoms with Crippen molar-refractivity contribution in [3.05, 3.63) is 66.6 Å². The molecular weight excluding hydrogens is 248 g/mol. The van der Waals surface area contributed by atoms with Gasteiger partial charge in [-0.25, -0.2) is 4.98 Å². The van der Waals surface area contributed by atoms with Gasteiger partial charge in [-0.2, -0.15) is 0 Å². The van der Waals surface area contributed by atoms with Gasteiger partial charge in [0.15, 0.2) is 0 Å². The maximum Gasteiger partial charge on any atom is 0.225 e. The topological polar surface area (TPSA) is 29.3 Å². The Morgan fingerprint density at radius 3 is 2.90 bits per heavy atom. The van der Waals surface area contributed by atoms with Crippen molar-refractivity contribution in [2.24, 2.45) is 0 Å². The molecule has 98 valence electrons. The van der Waals surface area contributed by atoms with Crippen molar-refractivity contribution in [2.45, 2.75) is 6.42 Å². The molecule has 4 rings (SSSR count). The highest BCUT2D eigenvalue weighted by atomic mass is 16.3. The van der Waals surface area contributed by atoms with Gasteiger partial charge in [-0.1, -0.05) is 24.3 Å². The molecule has 0 saturated heterocycles. The SMILES string of the molecule is c1cc(-c2ncco2)cc(N2CCc3ccccc32)c1. The minimum atomic E-state index is 0.666. The Bertz CT molecular complexity index is 734. The van der Waals surface area contributed by atoms with Gasteiger partial charge in [0.1, 0.15) is 6.26 Å². The smallest absolute Gasteiger partial charge is 0.225 e. The lowest BCUT2D eigenvalue weighted by atomic mass is 10.1. The van der Waals surface area contributed by atoms with Crippen LogP contribution < -0.4 is 4.90 Å². The number of para-hydroxylation sites is 1. The van der Waals surface area contributed by atoms with Crippen molar-refractivity contribution in [2.75, 3.05) is 11.4 Å². The first-order valence-corrected chi connectivity index (χ1v) is 6.77. The van der Waals surface area contributed by atoms with Gasteiger partial charge in [0, 0.05) is 23.5 Å². The second-order valence-electron chi connectivity index (χ2n) is 4.92. The Hall–Kier alpha value is -2.55. The van der Waals surface area contributed by atoms with Gasteiger partial charge >= 0.3 is 0 Å². The van der Waals surface area contributed by atoms with Crippen molar-refractivity contribution in [1.82, 2.24) is 4.98 Å². The Labute approximate surface area is 117 Å². The van der Waals surface area contributed by atoms with Crippen LogP contribution in [0.4, 0.5) is 11.4 Å². The first kappa shape index (κ1) is 11.3. The molecule has 20 heavy (non-hydrogen) atoms. The van der Waals surface area contributed by atoms with Gasteiger partial charge in [-0.05, 0) is 36.2 Å². The molecule has 1 aliphatic heterocycles. The van der Waals surface area contributed by atoms with E-state index in [9.17, 15) is 0 Å². The normalized spacial score (nSPS) is 13.5. The molecular formula is C17H14N2O. The van der Waals surface area contributed by atoms with E-state index in [-0.39, 0.29) is 0 Å². The Morgan fingerprint density at radius 2 is 2.00 bits per heavy atom. The predicted octanol–water partition coefficient (Wildman–Crippen LogP) is 4.04. The molecule has 0 bridgehead atoms. The zero-order valence-electron chi connectivity index (χ0n) is 11.0. The molecule has 1 aromatic heterocycles. The molecule has 3 heteroatoms. The molecule has 0 N–H and O–H groups in total. The van der Waals surface area contributed by atoms with E-state index in [1.807, 2.05) is 6.07 Å². The maximum absolute atomic E-state index is 5.38. The van der Waals surface area contributed by atoms with E-state index in [4.69, 9.17) is 4.42 Å². The quantitative estimate of drug-likeness (QED) is 0.698. The van der Waals surface area contributed by atoms with Crippen LogP contribution in [0.15, 0.2) is 65.4 Å². The van der Waals surface area contributed by atoms with Gasteiger partial charge in [0.25, 0.3) is 0 Å². The number of anilines is 2. The van der Waals surface area contributed by atoms with Crippen LogP contribution in [-0.2, 0) is 6.42 Å². The summed E-state index contributed by atoms with van der Waals surface area (Å²) in [6.07, 6.45) is 4.37. The number of oxazole rings is 1. The molecule has 0 saturated carbocycles. The summed E-state index contributed by atoms with van der Waals surface area (Å²) in [7, 11) is 0. The fraction of sp³-hybridized carbons (Fsp3) is 0.118. The van der Waals surface area contributed by atoms with Crippen LogP contribution in [0.2, 0.25) is 0 Å². The molecule has 3 nitrogen and oxygen atoms in total. The summed E-state index contributed by atoms with van der Waals surface area (Å²) < 4.78 is 5.38. The summed E-state index contributed by atoms with van der Waals surface area (Å²) in [5.41, 5.74) is 4.91. The minimum Gasteiger partial charge on any atom is -0.445 e. The lowest BCUT2D eigenvalue weighted by molar-refractivity contribution is 0.574. The molecule has 1 aliphatic rings. The van der Waals surface area contributed by atoms with Crippen molar-refractivity contribution >= 4 is 11.4 Å². The third-order valence-electron chi connectivity index (χ3n) is 3.72. The summed E-state index contributed by atoms with van der Waals surface area (Å²) >= 11 is 0. The minimum absolute atomic E-state index is 0.666. The van der Waals surface area contributed by atoms with E-state index in [1.54, 1.807) is 12.5 Å². The molecule has 0 radical (unpaired) electrons. The van der Waals surface area contributed by atoms with E-state index >= 15 is 0 Å². The number of aromatic nitrogens is 1. The largest absolute Gasteiger partial charge is 0.445 e. The zero-order valence-corrected chi connectivity index (χ0v) is 11.0. The fourth-order valence-electron chi connectivity index (χ4n) is 2.78. The van der Waals surface area contributed by atoms with Crippen molar-refractivity contribution in [1.29, 1.82) is 0 Å². The molecule has 2 heterocycles. The van der Waals surface area contributed by atoms with Crippen molar-refractivity contribution in [3.63, 3.8) is 0 Å². The molecule has 2 aromatic carbocycles. The van der Waals surface area contributed by atoms with Crippen LogP contribution in [0, 0.1) is 0 Å². The second-order valence-corrected chi connectivity index (χ2v) is 4.92. The van der Waals surface area contributed by atoms with Crippen LogP contribution in [-0.4, -0.2) is 11.5 Å². The molecule has 0 spiro atoms. The highest BCUT2D eigenvalue weighted by Gasteiger charge is 2.20. The van der Waals surface area contributed by atoms with Gasteiger partial charge in [-0.15, -0.1) is 0 Å². The summed E-state index contributed by atoms with van der Waals surface area (Å²) in [6.45, 7) is 1.02. The number of nitrogens with zero attached hydrogens (tertiary/aromatic N) is 2. The average molecular weight is 262 g/mol. The van der Waals surface area contributed by atoms with Crippen LogP contribution in [0.1, 0.15) is 5.56 Å². The highest BCUT2D eigenvalue weighted by molar-refractivity contribution is 5.73. The lowest BCUT2D eigenvalue weighted by Gasteiger charge is -2.19. The molecule has 0 fully saturated rings. The van der Waals surface area contributed by atoms with Gasteiger partial charge in [0.2, 0.25) is 5.89 Å². The average Bonchev–Trinajstić information content (AvgIpc) is 3.17. The van der Waals surface area contributed by atoms with Crippen LogP contribution in [0.5, 0.6) is 0 Å². The van der Waals surface area contributed by atoms with Gasteiger partial charge in [0.05, 0.1) is 6.20 Å². The van der Waals surface area contributed by atoms with E-state index in [0.29, 0.717) is 5.89 Å². The summed E-state index contributed by atoms with van der Waals surface area (Å²) in [5.74, 6) is 0.666. The first-order chi connectivity index (χ1) is 9.92. The maximum atomic E-state index is 5.38. The predicted molar refractivity (Wildman–Crippen MR) is 79.1 cm³/mol. The lowest BCUT2D eigenvalue weighted by Crippen LogP contribution is -2.13. The van der Waals surface area contributed by atoms with Gasteiger partial charge in [-0.3, -0.25) is 0 Å². The monoisotopic (exact) mass is 262 g/mol. The Morgan fingerprint density at radius 1 is 1.05 bits per heavy atom. The zero-order chi connectivity index (χ0) is 13.4.